The van der Waals surface area contributed by atoms with Gasteiger partial charge < -0.3 is 9.88 Å². The van der Waals surface area contributed by atoms with E-state index < -0.39 is 5.82 Å². The zero-order chi connectivity index (χ0) is 15.3. The van der Waals surface area contributed by atoms with Crippen LogP contribution < -0.4 is 5.32 Å². The van der Waals surface area contributed by atoms with Crippen molar-refractivity contribution < 1.29 is 4.39 Å². The van der Waals surface area contributed by atoms with Gasteiger partial charge in [-0.05, 0) is 19.1 Å². The van der Waals surface area contributed by atoms with Crippen LogP contribution in [0.4, 0.5) is 10.1 Å². The molecule has 0 aliphatic carbocycles. The van der Waals surface area contributed by atoms with Crippen LogP contribution in [-0.4, -0.2) is 26.3 Å². The van der Waals surface area contributed by atoms with Gasteiger partial charge in [0.05, 0.1) is 22.8 Å². The van der Waals surface area contributed by atoms with Crippen LogP contribution in [0.2, 0.25) is 0 Å². The average molecular weight is 314 g/mol. The maximum atomic E-state index is 13.7. The van der Waals surface area contributed by atoms with Gasteiger partial charge in [-0.15, -0.1) is 21.5 Å². The van der Waals surface area contributed by atoms with Crippen LogP contribution in [0.3, 0.4) is 0 Å². The summed E-state index contributed by atoms with van der Waals surface area (Å²) in [5.41, 5.74) is 0.608. The summed E-state index contributed by atoms with van der Waals surface area (Å²) in [5.74, 6) is 1.07. The van der Waals surface area contributed by atoms with Gasteiger partial charge in [0, 0.05) is 13.1 Å². The normalized spacial score (nSPS) is 17.4. The molecule has 1 N–H and O–H groups in total. The van der Waals surface area contributed by atoms with Crippen molar-refractivity contribution in [3.63, 3.8) is 0 Å². The first-order valence-corrected chi connectivity index (χ1v) is 7.63. The molecule has 4 rings (SSSR count). The number of benzene rings is 1. The summed E-state index contributed by atoms with van der Waals surface area (Å²) in [6, 6.07) is 2.99. The second-order valence-electron chi connectivity index (χ2n) is 5.11. The molecule has 0 unspecified atom stereocenters. The molecule has 8 heteroatoms. The summed E-state index contributed by atoms with van der Waals surface area (Å²) in [6.07, 6.45) is 0. The lowest BCUT2D eigenvalue weighted by Crippen LogP contribution is -2.32. The lowest BCUT2D eigenvalue weighted by atomic mass is 10.2. The molecule has 3 heterocycles. The number of rotatable bonds is 1. The molecule has 3 aromatic rings. The van der Waals surface area contributed by atoms with Crippen molar-refractivity contribution in [2.24, 2.45) is 0 Å². The Labute approximate surface area is 129 Å². The van der Waals surface area contributed by atoms with Crippen LogP contribution in [0.15, 0.2) is 12.1 Å². The van der Waals surface area contributed by atoms with Gasteiger partial charge in [-0.3, -0.25) is 0 Å². The van der Waals surface area contributed by atoms with Crippen molar-refractivity contribution in [2.75, 3.05) is 6.54 Å². The highest BCUT2D eigenvalue weighted by atomic mass is 32.1. The first-order valence-electron chi connectivity index (χ1n) is 6.82. The van der Waals surface area contributed by atoms with E-state index in [0.29, 0.717) is 21.0 Å². The molecule has 0 radical (unpaired) electrons. The third kappa shape index (κ3) is 1.90. The van der Waals surface area contributed by atoms with E-state index in [1.807, 2.05) is 11.5 Å². The predicted molar refractivity (Wildman–Crippen MR) is 81.3 cm³/mol. The number of fused-ring (bicyclic) bond motifs is 2. The highest BCUT2D eigenvalue weighted by Crippen LogP contribution is 2.34. The topological polar surface area (TPSA) is 60.0 Å². The molecule has 1 aliphatic rings. The van der Waals surface area contributed by atoms with Crippen LogP contribution in [0.1, 0.15) is 18.8 Å². The van der Waals surface area contributed by atoms with Crippen molar-refractivity contribution in [3.05, 3.63) is 35.2 Å². The Morgan fingerprint density at radius 3 is 3.14 bits per heavy atom. The molecular weight excluding hydrogens is 303 g/mol. The fraction of sp³-hybridized carbons (Fsp3) is 0.286. The van der Waals surface area contributed by atoms with E-state index in [9.17, 15) is 4.39 Å². The monoisotopic (exact) mass is 314 g/mol. The van der Waals surface area contributed by atoms with E-state index in [0.717, 1.165) is 18.9 Å². The molecule has 110 valence electrons. The molecule has 0 spiro atoms. The number of nitrogens with one attached hydrogen (secondary N) is 1. The van der Waals surface area contributed by atoms with Crippen LogP contribution in [-0.2, 0) is 6.54 Å². The summed E-state index contributed by atoms with van der Waals surface area (Å²) in [6.45, 7) is 10.6. The molecule has 1 atom stereocenters. The summed E-state index contributed by atoms with van der Waals surface area (Å²) >= 11 is 1.36. The van der Waals surface area contributed by atoms with E-state index in [1.165, 1.54) is 23.5 Å². The van der Waals surface area contributed by atoms with Gasteiger partial charge in [-0.1, -0.05) is 0 Å². The average Bonchev–Trinajstić information content (AvgIpc) is 3.10. The van der Waals surface area contributed by atoms with Gasteiger partial charge in [-0.25, -0.2) is 14.2 Å². The summed E-state index contributed by atoms with van der Waals surface area (Å²) in [4.78, 5) is 7.67. The minimum Gasteiger partial charge on any atom is -0.306 e. The van der Waals surface area contributed by atoms with Gasteiger partial charge in [0.25, 0.3) is 0 Å². The van der Waals surface area contributed by atoms with Crippen molar-refractivity contribution in [1.29, 1.82) is 0 Å². The lowest BCUT2D eigenvalue weighted by Gasteiger charge is -2.21. The van der Waals surface area contributed by atoms with Crippen LogP contribution >= 0.6 is 11.3 Å². The number of hydrogen-bond donors (Lipinski definition) is 1. The van der Waals surface area contributed by atoms with Gasteiger partial charge in [0.15, 0.2) is 10.8 Å². The second kappa shape index (κ2) is 4.83. The Bertz CT molecular complexity index is 921. The van der Waals surface area contributed by atoms with Crippen LogP contribution in [0.25, 0.3) is 25.9 Å². The molecule has 0 saturated carbocycles. The molecule has 0 fully saturated rings. The molecule has 1 aromatic carbocycles. The fourth-order valence-corrected chi connectivity index (χ4v) is 3.58. The lowest BCUT2D eigenvalue weighted by molar-refractivity contribution is 0.439. The third-order valence-electron chi connectivity index (χ3n) is 3.72. The Morgan fingerprint density at radius 1 is 1.45 bits per heavy atom. The van der Waals surface area contributed by atoms with E-state index in [2.05, 4.69) is 25.3 Å². The van der Waals surface area contributed by atoms with Gasteiger partial charge in [0.1, 0.15) is 11.6 Å². The number of aromatic nitrogens is 4. The molecule has 2 aromatic heterocycles. The Morgan fingerprint density at radius 2 is 2.32 bits per heavy atom. The first-order chi connectivity index (χ1) is 10.7. The maximum Gasteiger partial charge on any atom is 0.224 e. The molecule has 22 heavy (non-hydrogen) atoms. The van der Waals surface area contributed by atoms with E-state index in [-0.39, 0.29) is 11.7 Å². The highest BCUT2D eigenvalue weighted by Gasteiger charge is 2.24. The standard InChI is InChI=1S/C14H11FN6S/c1-7-12-19-20-13(21(12)4-3-17-7)14-18-10-6-9(16-2)8(15)5-11(10)22-14/h5-7,17H,3-4H2,1H3/t7-/m1/s1. The molecular formula is C14H11FN6S. The Balaban J connectivity index is 1.87. The van der Waals surface area contributed by atoms with E-state index in [1.54, 1.807) is 0 Å². The largest absolute Gasteiger partial charge is 0.306 e. The van der Waals surface area contributed by atoms with Gasteiger partial charge in [-0.2, -0.15) is 0 Å². The van der Waals surface area contributed by atoms with Crippen molar-refractivity contribution in [2.45, 2.75) is 19.5 Å². The first kappa shape index (κ1) is 13.3. The maximum absolute atomic E-state index is 13.7. The third-order valence-corrected chi connectivity index (χ3v) is 4.74. The minimum absolute atomic E-state index is 0.00885. The smallest absolute Gasteiger partial charge is 0.224 e. The quantitative estimate of drug-likeness (QED) is 0.702. The molecule has 1 aliphatic heterocycles. The molecule has 6 nitrogen and oxygen atoms in total. The Hall–Kier alpha value is -2.37. The van der Waals surface area contributed by atoms with Gasteiger partial charge >= 0.3 is 0 Å². The second-order valence-corrected chi connectivity index (χ2v) is 6.14. The van der Waals surface area contributed by atoms with Gasteiger partial charge in [0.2, 0.25) is 5.69 Å². The summed E-state index contributed by atoms with van der Waals surface area (Å²) in [7, 11) is 0. The van der Waals surface area contributed by atoms with Crippen molar-refractivity contribution >= 4 is 27.2 Å². The zero-order valence-electron chi connectivity index (χ0n) is 11.7. The molecule has 0 amide bonds. The fourth-order valence-electron chi connectivity index (χ4n) is 2.62. The molecule has 0 bridgehead atoms. The summed E-state index contributed by atoms with van der Waals surface area (Å²) in [5, 5.41) is 12.5. The predicted octanol–water partition coefficient (Wildman–Crippen LogP) is 2.91. The number of nitrogens with zero attached hydrogens (tertiary/aromatic N) is 5. The van der Waals surface area contributed by atoms with E-state index in [4.69, 9.17) is 6.57 Å². The number of thiazole rings is 1. The van der Waals surface area contributed by atoms with E-state index >= 15 is 0 Å². The van der Waals surface area contributed by atoms with Crippen LogP contribution in [0, 0.1) is 12.4 Å². The van der Waals surface area contributed by atoms with Crippen molar-refractivity contribution in [1.82, 2.24) is 25.1 Å². The Kier molecular flexibility index (Phi) is 2.92. The summed E-state index contributed by atoms with van der Waals surface area (Å²) < 4.78 is 16.5. The van der Waals surface area contributed by atoms with Crippen LogP contribution in [0.5, 0.6) is 0 Å². The van der Waals surface area contributed by atoms with Crippen molar-refractivity contribution in [3.8, 4) is 10.8 Å². The minimum atomic E-state index is -0.515. The highest BCUT2D eigenvalue weighted by molar-refractivity contribution is 7.21. The number of hydrogen-bond acceptors (Lipinski definition) is 5. The molecule has 0 saturated heterocycles. The number of halogens is 1. The SMILES string of the molecule is [C-]#[N+]c1cc2nc(-c3nnc4n3CCN[C@@H]4C)sc2cc1F. The zero-order valence-corrected chi connectivity index (χ0v) is 12.5.